The van der Waals surface area contributed by atoms with Crippen LogP contribution in [0.1, 0.15) is 25.7 Å². The molecule has 3 nitrogen and oxygen atoms in total. The van der Waals surface area contributed by atoms with Crippen molar-refractivity contribution in [2.75, 3.05) is 25.1 Å². The molecule has 1 heterocycles. The van der Waals surface area contributed by atoms with E-state index >= 15 is 0 Å². The number of piperidine rings is 1. The first kappa shape index (κ1) is 11.0. The van der Waals surface area contributed by atoms with E-state index in [-0.39, 0.29) is 0 Å². The minimum absolute atomic E-state index is 0.358. The van der Waals surface area contributed by atoms with Crippen LogP contribution in [-0.2, 0) is 9.84 Å². The molecule has 13 heavy (non-hydrogen) atoms. The molecule has 0 aromatic heterocycles. The molecule has 0 amide bonds. The summed E-state index contributed by atoms with van der Waals surface area (Å²) in [7, 11) is -2.74. The van der Waals surface area contributed by atoms with Crippen LogP contribution in [0, 0.1) is 5.92 Å². The Kier molecular flexibility index (Phi) is 4.19. The topological polar surface area (TPSA) is 46.2 Å². The lowest BCUT2D eigenvalue weighted by Gasteiger charge is -2.22. The molecule has 1 N–H and O–H groups in total. The van der Waals surface area contributed by atoms with Crippen LogP contribution >= 0.6 is 0 Å². The highest BCUT2D eigenvalue weighted by molar-refractivity contribution is 7.90. The molecule has 0 atom stereocenters. The molecule has 0 aromatic carbocycles. The summed E-state index contributed by atoms with van der Waals surface area (Å²) >= 11 is 0. The van der Waals surface area contributed by atoms with Gasteiger partial charge in [-0.25, -0.2) is 8.42 Å². The number of sulfone groups is 1. The van der Waals surface area contributed by atoms with E-state index in [1.165, 1.54) is 19.1 Å². The number of nitrogens with one attached hydrogen (secondary N) is 1. The second-order valence-corrected chi connectivity index (χ2v) is 6.23. The molecule has 1 rings (SSSR count). The van der Waals surface area contributed by atoms with E-state index in [1.54, 1.807) is 0 Å². The molecule has 0 radical (unpaired) electrons. The van der Waals surface area contributed by atoms with E-state index < -0.39 is 9.84 Å². The van der Waals surface area contributed by atoms with Crippen LogP contribution in [0.15, 0.2) is 0 Å². The van der Waals surface area contributed by atoms with Gasteiger partial charge in [0.2, 0.25) is 0 Å². The van der Waals surface area contributed by atoms with Crippen molar-refractivity contribution in [1.82, 2.24) is 5.32 Å². The van der Waals surface area contributed by atoms with Gasteiger partial charge in [0.25, 0.3) is 0 Å². The summed E-state index contributed by atoms with van der Waals surface area (Å²) in [6.45, 7) is 2.20. The maximum atomic E-state index is 10.9. The van der Waals surface area contributed by atoms with Crippen molar-refractivity contribution in [3.63, 3.8) is 0 Å². The highest BCUT2D eigenvalue weighted by Gasteiger charge is 2.13. The summed E-state index contributed by atoms with van der Waals surface area (Å²) in [5, 5.41) is 3.30. The van der Waals surface area contributed by atoms with Crippen molar-refractivity contribution in [2.45, 2.75) is 25.7 Å². The van der Waals surface area contributed by atoms with E-state index in [1.807, 2.05) is 0 Å². The van der Waals surface area contributed by atoms with Crippen LogP contribution < -0.4 is 5.32 Å². The Hall–Kier alpha value is -0.0900. The van der Waals surface area contributed by atoms with Gasteiger partial charge in [0.05, 0.1) is 0 Å². The number of hydrogen-bond donors (Lipinski definition) is 1. The highest BCUT2D eigenvalue weighted by Crippen LogP contribution is 2.17. The van der Waals surface area contributed by atoms with E-state index in [0.717, 1.165) is 31.8 Å². The van der Waals surface area contributed by atoms with Gasteiger partial charge in [-0.2, -0.15) is 0 Å². The monoisotopic (exact) mass is 205 g/mol. The van der Waals surface area contributed by atoms with Gasteiger partial charge < -0.3 is 5.32 Å². The Balaban J connectivity index is 2.11. The smallest absolute Gasteiger partial charge is 0.147 e. The maximum Gasteiger partial charge on any atom is 0.147 e. The van der Waals surface area contributed by atoms with Gasteiger partial charge in [-0.05, 0) is 44.7 Å². The molecule has 0 unspecified atom stereocenters. The zero-order valence-electron chi connectivity index (χ0n) is 8.25. The zero-order chi connectivity index (χ0) is 9.73. The summed E-state index contributed by atoms with van der Waals surface area (Å²) in [5.41, 5.74) is 0. The van der Waals surface area contributed by atoms with Gasteiger partial charge >= 0.3 is 0 Å². The predicted octanol–water partition coefficient (Wildman–Crippen LogP) is 0.811. The first-order valence-electron chi connectivity index (χ1n) is 4.96. The molecular weight excluding hydrogens is 186 g/mol. The van der Waals surface area contributed by atoms with Crippen LogP contribution in [0.4, 0.5) is 0 Å². The molecule has 78 valence electrons. The van der Waals surface area contributed by atoms with Crippen molar-refractivity contribution < 1.29 is 8.42 Å². The van der Waals surface area contributed by atoms with Crippen molar-refractivity contribution in [2.24, 2.45) is 5.92 Å². The van der Waals surface area contributed by atoms with Crippen LogP contribution in [0.5, 0.6) is 0 Å². The molecule has 1 fully saturated rings. The van der Waals surface area contributed by atoms with E-state index in [9.17, 15) is 8.42 Å². The lowest BCUT2D eigenvalue weighted by atomic mass is 9.94. The summed E-state index contributed by atoms with van der Waals surface area (Å²) in [5.74, 6) is 1.11. The molecule has 0 spiro atoms. The van der Waals surface area contributed by atoms with Crippen LogP contribution in [-0.4, -0.2) is 33.5 Å². The second kappa shape index (κ2) is 4.96. The predicted molar refractivity (Wildman–Crippen MR) is 54.5 cm³/mol. The van der Waals surface area contributed by atoms with Crippen LogP contribution in [0.25, 0.3) is 0 Å². The van der Waals surface area contributed by atoms with E-state index in [4.69, 9.17) is 0 Å². The van der Waals surface area contributed by atoms with Crippen molar-refractivity contribution in [3.8, 4) is 0 Å². The molecule has 0 saturated carbocycles. The fraction of sp³-hybridized carbons (Fsp3) is 1.00. The second-order valence-electron chi connectivity index (χ2n) is 3.97. The third-order valence-corrected chi connectivity index (χ3v) is 3.62. The highest BCUT2D eigenvalue weighted by atomic mass is 32.2. The normalized spacial score (nSPS) is 20.4. The van der Waals surface area contributed by atoms with Crippen molar-refractivity contribution >= 4 is 9.84 Å². The Morgan fingerprint density at radius 1 is 1.31 bits per heavy atom. The molecule has 0 aromatic rings. The third-order valence-electron chi connectivity index (χ3n) is 2.59. The Labute approximate surface area is 80.8 Å². The number of hydrogen-bond acceptors (Lipinski definition) is 3. The molecule has 1 aliphatic heterocycles. The average molecular weight is 205 g/mol. The average Bonchev–Trinajstić information content (AvgIpc) is 2.04. The Morgan fingerprint density at radius 2 is 1.92 bits per heavy atom. The van der Waals surface area contributed by atoms with Gasteiger partial charge in [0.1, 0.15) is 9.84 Å². The fourth-order valence-corrected chi connectivity index (χ4v) is 2.50. The van der Waals surface area contributed by atoms with E-state index in [0.29, 0.717) is 5.75 Å². The van der Waals surface area contributed by atoms with Crippen molar-refractivity contribution in [3.05, 3.63) is 0 Å². The quantitative estimate of drug-likeness (QED) is 0.739. The summed E-state index contributed by atoms with van der Waals surface area (Å²) in [6, 6.07) is 0. The van der Waals surface area contributed by atoms with Gasteiger partial charge in [-0.3, -0.25) is 0 Å². The van der Waals surface area contributed by atoms with E-state index in [2.05, 4.69) is 5.32 Å². The van der Waals surface area contributed by atoms with Gasteiger partial charge in [0, 0.05) is 12.0 Å². The van der Waals surface area contributed by atoms with Gasteiger partial charge in [0.15, 0.2) is 0 Å². The molecular formula is C9H19NO2S. The first-order chi connectivity index (χ1) is 6.08. The standard InChI is InChI=1S/C9H19NO2S/c1-13(11,12)8-2-3-9-4-6-10-7-5-9/h9-10H,2-8H2,1H3. The fourth-order valence-electron chi connectivity index (χ4n) is 1.80. The summed E-state index contributed by atoms with van der Waals surface area (Å²) < 4.78 is 21.7. The van der Waals surface area contributed by atoms with Gasteiger partial charge in [-0.15, -0.1) is 0 Å². The number of rotatable bonds is 4. The first-order valence-corrected chi connectivity index (χ1v) is 7.02. The maximum absolute atomic E-state index is 10.9. The summed E-state index contributed by atoms with van der Waals surface area (Å²) in [6.07, 6.45) is 5.65. The zero-order valence-corrected chi connectivity index (χ0v) is 9.07. The lowest BCUT2D eigenvalue weighted by Crippen LogP contribution is -2.27. The molecule has 0 aliphatic carbocycles. The molecule has 4 heteroatoms. The third kappa shape index (κ3) is 5.26. The minimum atomic E-state index is -2.74. The van der Waals surface area contributed by atoms with Crippen LogP contribution in [0.2, 0.25) is 0 Å². The largest absolute Gasteiger partial charge is 0.317 e. The lowest BCUT2D eigenvalue weighted by molar-refractivity contribution is 0.352. The minimum Gasteiger partial charge on any atom is -0.317 e. The van der Waals surface area contributed by atoms with Crippen molar-refractivity contribution in [1.29, 1.82) is 0 Å². The Bertz CT molecular complexity index is 230. The molecule has 0 bridgehead atoms. The van der Waals surface area contributed by atoms with Gasteiger partial charge in [-0.1, -0.05) is 0 Å². The summed E-state index contributed by atoms with van der Waals surface area (Å²) in [4.78, 5) is 0. The molecule has 1 aliphatic rings. The molecule has 1 saturated heterocycles. The Morgan fingerprint density at radius 3 is 2.46 bits per heavy atom. The SMILES string of the molecule is CS(=O)(=O)CCCC1CCNCC1. The van der Waals surface area contributed by atoms with Crippen LogP contribution in [0.3, 0.4) is 0 Å².